The molecule has 2 rings (SSSR count). The maximum Gasteiger partial charge on any atom is 0.400 e. The summed E-state index contributed by atoms with van der Waals surface area (Å²) in [6, 6.07) is 15.4. The highest BCUT2D eigenvalue weighted by Gasteiger charge is 2.16. The molecule has 4 heteroatoms. The summed E-state index contributed by atoms with van der Waals surface area (Å²) in [4.78, 5) is 9.40. The minimum atomic E-state index is -3.75. The third-order valence-corrected chi connectivity index (χ3v) is 3.66. The summed E-state index contributed by atoms with van der Waals surface area (Å²) >= 11 is 0. The van der Waals surface area contributed by atoms with Gasteiger partial charge in [0.1, 0.15) is 5.75 Å². The lowest BCUT2D eigenvalue weighted by atomic mass is 10.0. The zero-order valence-electron chi connectivity index (χ0n) is 10.6. The molecule has 0 bridgehead atoms. The second-order valence-corrected chi connectivity index (χ2v) is 5.86. The van der Waals surface area contributed by atoms with Gasteiger partial charge < -0.3 is 9.42 Å². The summed E-state index contributed by atoms with van der Waals surface area (Å²) in [6.07, 6.45) is 0. The third-order valence-electron chi connectivity index (χ3n) is 2.74. The molecule has 0 spiro atoms. The molecule has 1 unspecified atom stereocenters. The van der Waals surface area contributed by atoms with Crippen molar-refractivity contribution in [3.05, 3.63) is 66.5 Å². The highest BCUT2D eigenvalue weighted by atomic mass is 31.2. The van der Waals surface area contributed by atoms with Crippen molar-refractivity contribution in [2.24, 2.45) is 0 Å². The molecule has 3 nitrogen and oxygen atoms in total. The first kappa shape index (κ1) is 13.6. The van der Waals surface area contributed by atoms with Crippen LogP contribution in [-0.2, 0) is 4.57 Å². The fourth-order valence-corrected chi connectivity index (χ4v) is 2.30. The Hall–Kier alpha value is -1.83. The van der Waals surface area contributed by atoms with Gasteiger partial charge in [0.25, 0.3) is 0 Å². The van der Waals surface area contributed by atoms with E-state index >= 15 is 0 Å². The van der Waals surface area contributed by atoms with Crippen molar-refractivity contribution in [2.75, 3.05) is 0 Å². The smallest absolute Gasteiger partial charge is 0.400 e. The largest absolute Gasteiger partial charge is 0.421 e. The maximum atomic E-state index is 11.5. The molecule has 0 saturated heterocycles. The standard InChI is InChI=1S/C15H15O3P/c1-3-19(16,17)18-15-10-9-14(11-12(15)2)13-7-5-4-6-8-13/h3-11H,1H2,2H3,(H,16,17). The lowest BCUT2D eigenvalue weighted by Gasteiger charge is -2.12. The number of rotatable bonds is 4. The molecule has 0 aliphatic carbocycles. The van der Waals surface area contributed by atoms with E-state index in [-0.39, 0.29) is 0 Å². The van der Waals surface area contributed by atoms with Crippen molar-refractivity contribution in [1.82, 2.24) is 0 Å². The number of aryl methyl sites for hydroxylation is 1. The molecule has 1 atom stereocenters. The average Bonchev–Trinajstić information content (AvgIpc) is 2.42. The lowest BCUT2D eigenvalue weighted by molar-refractivity contribution is 0.391. The molecule has 0 amide bonds. The minimum absolute atomic E-state index is 0.394. The quantitative estimate of drug-likeness (QED) is 0.842. The van der Waals surface area contributed by atoms with E-state index in [0.29, 0.717) is 5.75 Å². The maximum absolute atomic E-state index is 11.5. The molecule has 0 radical (unpaired) electrons. The predicted octanol–water partition coefficient (Wildman–Crippen LogP) is 4.37. The molecule has 2 aromatic rings. The van der Waals surface area contributed by atoms with Gasteiger partial charge in [0.15, 0.2) is 0 Å². The van der Waals surface area contributed by atoms with E-state index in [1.165, 1.54) is 0 Å². The lowest BCUT2D eigenvalue weighted by Crippen LogP contribution is -1.91. The van der Waals surface area contributed by atoms with Gasteiger partial charge in [-0.1, -0.05) is 43.0 Å². The highest BCUT2D eigenvalue weighted by molar-refractivity contribution is 7.56. The van der Waals surface area contributed by atoms with Crippen LogP contribution in [0.4, 0.5) is 0 Å². The van der Waals surface area contributed by atoms with Crippen LogP contribution < -0.4 is 4.52 Å². The first-order chi connectivity index (χ1) is 9.02. The van der Waals surface area contributed by atoms with Crippen molar-refractivity contribution in [1.29, 1.82) is 0 Å². The van der Waals surface area contributed by atoms with Gasteiger partial charge in [0.2, 0.25) is 0 Å². The van der Waals surface area contributed by atoms with Gasteiger partial charge in [-0.05, 0) is 35.7 Å². The normalized spacial score (nSPS) is 13.6. The Kier molecular flexibility index (Phi) is 3.89. The number of benzene rings is 2. The molecular formula is C15H15O3P. The van der Waals surface area contributed by atoms with E-state index < -0.39 is 7.60 Å². The molecule has 0 heterocycles. The van der Waals surface area contributed by atoms with E-state index in [0.717, 1.165) is 22.5 Å². The molecule has 1 N–H and O–H groups in total. The van der Waals surface area contributed by atoms with E-state index in [1.807, 2.05) is 49.4 Å². The fraction of sp³-hybridized carbons (Fsp3) is 0.0667. The molecule has 2 aromatic carbocycles. The van der Waals surface area contributed by atoms with Crippen LogP contribution in [0.2, 0.25) is 0 Å². The predicted molar refractivity (Wildman–Crippen MR) is 77.3 cm³/mol. The summed E-state index contributed by atoms with van der Waals surface area (Å²) in [5.41, 5.74) is 2.93. The Morgan fingerprint density at radius 3 is 2.42 bits per heavy atom. The Bertz CT molecular complexity index is 635. The van der Waals surface area contributed by atoms with Crippen LogP contribution in [0.3, 0.4) is 0 Å². The highest BCUT2D eigenvalue weighted by Crippen LogP contribution is 2.44. The van der Waals surface area contributed by atoms with Gasteiger partial charge in [-0.25, -0.2) is 4.57 Å². The molecule has 0 aliphatic heterocycles. The Balaban J connectivity index is 2.33. The van der Waals surface area contributed by atoms with Gasteiger partial charge in [-0.15, -0.1) is 0 Å². The van der Waals surface area contributed by atoms with E-state index in [9.17, 15) is 9.46 Å². The van der Waals surface area contributed by atoms with Crippen molar-refractivity contribution in [2.45, 2.75) is 6.92 Å². The molecule has 0 saturated carbocycles. The van der Waals surface area contributed by atoms with E-state index in [4.69, 9.17) is 4.52 Å². The van der Waals surface area contributed by atoms with E-state index in [1.54, 1.807) is 6.07 Å². The molecular weight excluding hydrogens is 259 g/mol. The number of hydrogen-bond donors (Lipinski definition) is 1. The van der Waals surface area contributed by atoms with E-state index in [2.05, 4.69) is 6.58 Å². The summed E-state index contributed by atoms with van der Waals surface area (Å²) in [5, 5.41) is 0. The topological polar surface area (TPSA) is 46.5 Å². The molecule has 98 valence electrons. The van der Waals surface area contributed by atoms with Crippen molar-refractivity contribution in [3.63, 3.8) is 0 Å². The van der Waals surface area contributed by atoms with Crippen molar-refractivity contribution < 1.29 is 14.0 Å². The molecule has 19 heavy (non-hydrogen) atoms. The molecule has 0 fully saturated rings. The average molecular weight is 274 g/mol. The van der Waals surface area contributed by atoms with Crippen LogP contribution in [0.15, 0.2) is 60.9 Å². The van der Waals surface area contributed by atoms with Gasteiger partial charge in [-0.2, -0.15) is 0 Å². The third kappa shape index (κ3) is 3.34. The van der Waals surface area contributed by atoms with Gasteiger partial charge in [0, 0.05) is 5.82 Å². The van der Waals surface area contributed by atoms with Gasteiger partial charge in [-0.3, -0.25) is 0 Å². The molecule has 0 aromatic heterocycles. The van der Waals surface area contributed by atoms with Crippen LogP contribution in [0, 0.1) is 6.92 Å². The minimum Gasteiger partial charge on any atom is -0.421 e. The first-order valence-corrected chi connectivity index (χ1v) is 7.48. The van der Waals surface area contributed by atoms with Crippen molar-refractivity contribution >= 4 is 7.60 Å². The SMILES string of the molecule is C=CP(=O)(O)Oc1ccc(-c2ccccc2)cc1C. The van der Waals surface area contributed by atoms with Crippen LogP contribution in [0.1, 0.15) is 5.56 Å². The number of hydrogen-bond acceptors (Lipinski definition) is 2. The van der Waals surface area contributed by atoms with Crippen LogP contribution >= 0.6 is 7.60 Å². The Morgan fingerprint density at radius 1 is 1.16 bits per heavy atom. The van der Waals surface area contributed by atoms with Crippen LogP contribution in [-0.4, -0.2) is 4.89 Å². The van der Waals surface area contributed by atoms with Gasteiger partial charge in [0.05, 0.1) is 0 Å². The summed E-state index contributed by atoms with van der Waals surface area (Å²) < 4.78 is 16.5. The first-order valence-electron chi connectivity index (χ1n) is 5.83. The zero-order chi connectivity index (χ0) is 13.9. The van der Waals surface area contributed by atoms with Crippen LogP contribution in [0.5, 0.6) is 5.75 Å². The van der Waals surface area contributed by atoms with Gasteiger partial charge >= 0.3 is 7.60 Å². The summed E-state index contributed by atoms with van der Waals surface area (Å²) in [6.45, 7) is 5.12. The summed E-state index contributed by atoms with van der Waals surface area (Å²) in [5.74, 6) is 1.32. The summed E-state index contributed by atoms with van der Waals surface area (Å²) in [7, 11) is -3.75. The Labute approximate surface area is 112 Å². The Morgan fingerprint density at radius 2 is 1.84 bits per heavy atom. The fourth-order valence-electron chi connectivity index (χ4n) is 1.74. The second kappa shape index (κ2) is 5.43. The zero-order valence-corrected chi connectivity index (χ0v) is 11.5. The molecule has 0 aliphatic rings. The van der Waals surface area contributed by atoms with Crippen LogP contribution in [0.25, 0.3) is 11.1 Å². The van der Waals surface area contributed by atoms with Crippen molar-refractivity contribution in [3.8, 4) is 16.9 Å². The second-order valence-electron chi connectivity index (χ2n) is 4.18. The monoisotopic (exact) mass is 274 g/mol.